The summed E-state index contributed by atoms with van der Waals surface area (Å²) in [6.07, 6.45) is 10.3. The van der Waals surface area contributed by atoms with Crippen LogP contribution in [0.25, 0.3) is 0 Å². The van der Waals surface area contributed by atoms with Crippen LogP contribution in [-0.2, 0) is 0 Å². The van der Waals surface area contributed by atoms with Crippen LogP contribution >= 0.6 is 27.7 Å². The Hall–Kier alpha value is -0.490. The minimum Gasteiger partial charge on any atom is -0.383 e. The number of thioether (sulfide) groups is 1. The van der Waals surface area contributed by atoms with Crippen LogP contribution in [0.5, 0.6) is 0 Å². The Morgan fingerprint density at radius 1 is 1.39 bits per heavy atom. The molecular formula is C12H19BrN4S. The fourth-order valence-corrected chi connectivity index (χ4v) is 3.66. The Labute approximate surface area is 121 Å². The number of hydrogen-bond acceptors (Lipinski definition) is 5. The summed E-state index contributed by atoms with van der Waals surface area (Å²) in [5.74, 6) is 1.27. The highest BCUT2D eigenvalue weighted by Crippen LogP contribution is 2.39. The number of hydrogen-bond donors (Lipinski definition) is 2. The number of nitrogen functional groups attached to an aromatic ring is 1. The topological polar surface area (TPSA) is 63.8 Å². The van der Waals surface area contributed by atoms with Crippen LogP contribution in [0, 0.1) is 0 Å². The SMILES string of the molecule is CSC1(CNc2ncnc(N)c2Br)CCCCC1. The standard InChI is InChI=1S/C12H19BrN4S/c1-18-12(5-3-2-4-6-12)7-15-11-9(13)10(14)16-8-17-11/h8H,2-7H2,1H3,(H3,14,15,16,17). The monoisotopic (exact) mass is 330 g/mol. The van der Waals surface area contributed by atoms with Crippen molar-refractivity contribution in [2.24, 2.45) is 0 Å². The van der Waals surface area contributed by atoms with Crippen molar-refractivity contribution in [2.75, 3.05) is 23.9 Å². The molecule has 0 unspecified atom stereocenters. The number of nitrogens with zero attached hydrogens (tertiary/aromatic N) is 2. The van der Waals surface area contributed by atoms with Crippen LogP contribution < -0.4 is 11.1 Å². The molecule has 1 aromatic rings. The predicted molar refractivity (Wildman–Crippen MR) is 82.0 cm³/mol. The molecule has 0 bridgehead atoms. The number of aromatic nitrogens is 2. The van der Waals surface area contributed by atoms with E-state index < -0.39 is 0 Å². The van der Waals surface area contributed by atoms with E-state index in [0.717, 1.165) is 16.8 Å². The smallest absolute Gasteiger partial charge is 0.145 e. The molecule has 1 saturated carbocycles. The van der Waals surface area contributed by atoms with Gasteiger partial charge in [-0.25, -0.2) is 9.97 Å². The maximum atomic E-state index is 5.75. The van der Waals surface area contributed by atoms with E-state index in [-0.39, 0.29) is 0 Å². The Morgan fingerprint density at radius 3 is 2.78 bits per heavy atom. The van der Waals surface area contributed by atoms with Crippen molar-refractivity contribution < 1.29 is 0 Å². The van der Waals surface area contributed by atoms with Gasteiger partial charge in [-0.05, 0) is 35.0 Å². The molecule has 0 spiro atoms. The van der Waals surface area contributed by atoms with Crippen molar-refractivity contribution in [3.05, 3.63) is 10.8 Å². The van der Waals surface area contributed by atoms with E-state index in [0.29, 0.717) is 10.6 Å². The Bertz CT molecular complexity index is 407. The number of nitrogens with two attached hydrogens (primary N) is 1. The van der Waals surface area contributed by atoms with Gasteiger partial charge in [0.05, 0.1) is 0 Å². The zero-order valence-corrected chi connectivity index (χ0v) is 13.0. The molecule has 0 atom stereocenters. The maximum Gasteiger partial charge on any atom is 0.145 e. The van der Waals surface area contributed by atoms with Crippen molar-refractivity contribution in [1.82, 2.24) is 9.97 Å². The predicted octanol–water partition coefficient (Wildman–Crippen LogP) is 3.30. The quantitative estimate of drug-likeness (QED) is 0.886. The summed E-state index contributed by atoms with van der Waals surface area (Å²) >= 11 is 5.40. The van der Waals surface area contributed by atoms with Crippen molar-refractivity contribution in [3.8, 4) is 0 Å². The summed E-state index contributed by atoms with van der Waals surface area (Å²) in [5.41, 5.74) is 5.75. The maximum absolute atomic E-state index is 5.75. The molecule has 2 rings (SSSR count). The summed E-state index contributed by atoms with van der Waals surface area (Å²) < 4.78 is 1.11. The second-order valence-corrected chi connectivity index (χ2v) is 6.79. The fraction of sp³-hybridized carbons (Fsp3) is 0.667. The fourth-order valence-electron chi connectivity index (χ4n) is 2.40. The van der Waals surface area contributed by atoms with E-state index in [1.54, 1.807) is 0 Å². The average molecular weight is 331 g/mol. The molecule has 0 saturated heterocycles. The molecule has 100 valence electrons. The highest BCUT2D eigenvalue weighted by Gasteiger charge is 2.31. The van der Waals surface area contributed by atoms with E-state index in [1.807, 2.05) is 11.8 Å². The van der Waals surface area contributed by atoms with Gasteiger partial charge in [-0.15, -0.1) is 0 Å². The summed E-state index contributed by atoms with van der Waals surface area (Å²) in [5, 5.41) is 3.42. The Kier molecular flexibility index (Phi) is 4.72. The minimum atomic E-state index is 0.345. The third kappa shape index (κ3) is 3.09. The lowest BCUT2D eigenvalue weighted by Gasteiger charge is -2.36. The molecule has 18 heavy (non-hydrogen) atoms. The van der Waals surface area contributed by atoms with Crippen molar-refractivity contribution >= 4 is 39.3 Å². The lowest BCUT2D eigenvalue weighted by molar-refractivity contribution is 0.411. The van der Waals surface area contributed by atoms with Crippen LogP contribution in [0.4, 0.5) is 11.6 Å². The first kappa shape index (κ1) is 13.9. The molecule has 1 heterocycles. The van der Waals surface area contributed by atoms with E-state index >= 15 is 0 Å². The van der Waals surface area contributed by atoms with Gasteiger partial charge in [-0.1, -0.05) is 19.3 Å². The van der Waals surface area contributed by atoms with Crippen molar-refractivity contribution in [1.29, 1.82) is 0 Å². The van der Waals surface area contributed by atoms with Crippen LogP contribution in [-0.4, -0.2) is 27.5 Å². The molecular weight excluding hydrogens is 312 g/mol. The van der Waals surface area contributed by atoms with E-state index in [1.165, 1.54) is 38.4 Å². The lowest BCUT2D eigenvalue weighted by Crippen LogP contribution is -2.35. The van der Waals surface area contributed by atoms with Crippen LogP contribution in [0.3, 0.4) is 0 Å². The second-order valence-electron chi connectivity index (χ2n) is 4.72. The molecule has 0 aromatic carbocycles. The van der Waals surface area contributed by atoms with Gasteiger partial charge >= 0.3 is 0 Å². The third-order valence-corrected chi connectivity index (χ3v) is 5.79. The van der Waals surface area contributed by atoms with Gasteiger partial charge in [-0.3, -0.25) is 0 Å². The molecule has 3 N–H and O–H groups in total. The number of halogens is 1. The first-order valence-electron chi connectivity index (χ1n) is 6.22. The molecule has 0 amide bonds. The first-order chi connectivity index (χ1) is 8.67. The molecule has 6 heteroatoms. The number of anilines is 2. The van der Waals surface area contributed by atoms with Gasteiger partial charge in [0.25, 0.3) is 0 Å². The van der Waals surface area contributed by atoms with Crippen molar-refractivity contribution in [2.45, 2.75) is 36.9 Å². The van der Waals surface area contributed by atoms with Gasteiger partial charge in [0.15, 0.2) is 0 Å². The zero-order valence-electron chi connectivity index (χ0n) is 10.6. The molecule has 4 nitrogen and oxygen atoms in total. The third-order valence-electron chi connectivity index (χ3n) is 3.59. The summed E-state index contributed by atoms with van der Waals surface area (Å²) in [6.45, 7) is 0.934. The molecule has 0 radical (unpaired) electrons. The number of nitrogens with one attached hydrogen (secondary N) is 1. The highest BCUT2D eigenvalue weighted by molar-refractivity contribution is 9.10. The van der Waals surface area contributed by atoms with Gasteiger partial charge < -0.3 is 11.1 Å². The van der Waals surface area contributed by atoms with E-state index in [9.17, 15) is 0 Å². The molecule has 0 aliphatic heterocycles. The zero-order chi connectivity index (χ0) is 13.0. The molecule has 1 aliphatic rings. The normalized spacial score (nSPS) is 18.6. The Morgan fingerprint density at radius 2 is 2.11 bits per heavy atom. The largest absolute Gasteiger partial charge is 0.383 e. The lowest BCUT2D eigenvalue weighted by atomic mass is 9.88. The molecule has 1 fully saturated rings. The van der Waals surface area contributed by atoms with Crippen molar-refractivity contribution in [3.63, 3.8) is 0 Å². The van der Waals surface area contributed by atoms with Gasteiger partial charge in [0.2, 0.25) is 0 Å². The van der Waals surface area contributed by atoms with Crippen LogP contribution in [0.15, 0.2) is 10.8 Å². The molecule has 1 aliphatic carbocycles. The summed E-state index contributed by atoms with van der Waals surface area (Å²) in [4.78, 5) is 8.18. The Balaban J connectivity index is 2.03. The van der Waals surface area contributed by atoms with Gasteiger partial charge in [-0.2, -0.15) is 11.8 Å². The van der Waals surface area contributed by atoms with Crippen LogP contribution in [0.2, 0.25) is 0 Å². The average Bonchev–Trinajstić information content (AvgIpc) is 2.41. The van der Waals surface area contributed by atoms with E-state index in [2.05, 4.69) is 37.5 Å². The summed E-state index contributed by atoms with van der Waals surface area (Å²) in [6, 6.07) is 0. The summed E-state index contributed by atoms with van der Waals surface area (Å²) in [7, 11) is 0. The van der Waals surface area contributed by atoms with Gasteiger partial charge in [0.1, 0.15) is 22.4 Å². The van der Waals surface area contributed by atoms with Gasteiger partial charge in [0, 0.05) is 11.3 Å². The van der Waals surface area contributed by atoms with Crippen LogP contribution in [0.1, 0.15) is 32.1 Å². The first-order valence-corrected chi connectivity index (χ1v) is 8.24. The highest BCUT2D eigenvalue weighted by atomic mass is 79.9. The second kappa shape index (κ2) is 6.10. The van der Waals surface area contributed by atoms with E-state index in [4.69, 9.17) is 5.73 Å². The molecule has 1 aromatic heterocycles. The number of rotatable bonds is 4. The minimum absolute atomic E-state index is 0.345.